The van der Waals surface area contributed by atoms with Crippen LogP contribution in [0.15, 0.2) is 154 Å². The van der Waals surface area contributed by atoms with Crippen LogP contribution < -0.4 is 0 Å². The molecule has 3 aliphatic carbocycles. The standard InChI is InChI=1S/C50H28O2/c1-3-11-31-27(9-1)17-29-19-37-39(21-35(29)31)40-22-36-30(18-28-10-2-4-12-32(28)36)20-38(40)44-26-50-46(34-14-6-8-16-48(34)52-50)24-42(44)41-23-45-33-13-5-7-15-47(33)51-49(45)25-43(37)41/h1-16,19-26H,17-18H2. The van der Waals surface area contributed by atoms with Gasteiger partial charge >= 0.3 is 0 Å². The van der Waals surface area contributed by atoms with Crippen LogP contribution in [0.25, 0.3) is 111 Å². The van der Waals surface area contributed by atoms with Crippen molar-refractivity contribution in [2.24, 2.45) is 0 Å². The molecule has 2 aromatic heterocycles. The molecule has 0 spiro atoms. The Morgan fingerprint density at radius 1 is 0.250 bits per heavy atom. The zero-order chi connectivity index (χ0) is 33.7. The van der Waals surface area contributed by atoms with Crippen molar-refractivity contribution in [2.75, 3.05) is 0 Å². The number of furan rings is 2. The second-order valence-corrected chi connectivity index (χ2v) is 14.8. The zero-order valence-corrected chi connectivity index (χ0v) is 28.1. The summed E-state index contributed by atoms with van der Waals surface area (Å²) in [6.45, 7) is 0. The van der Waals surface area contributed by atoms with Gasteiger partial charge in [-0.15, -0.1) is 0 Å². The second kappa shape index (κ2) is 9.57. The maximum Gasteiger partial charge on any atom is 0.136 e. The van der Waals surface area contributed by atoms with Gasteiger partial charge < -0.3 is 8.83 Å². The summed E-state index contributed by atoms with van der Waals surface area (Å²) in [6, 6.07) is 54.0. The van der Waals surface area contributed by atoms with Crippen molar-refractivity contribution in [3.05, 3.63) is 168 Å². The molecule has 0 aliphatic heterocycles. The van der Waals surface area contributed by atoms with Gasteiger partial charge in [0.2, 0.25) is 0 Å². The largest absolute Gasteiger partial charge is 0.456 e. The van der Waals surface area contributed by atoms with Crippen molar-refractivity contribution in [2.45, 2.75) is 12.8 Å². The Balaban J connectivity index is 1.22. The maximum atomic E-state index is 6.61. The van der Waals surface area contributed by atoms with E-state index in [4.69, 9.17) is 8.83 Å². The van der Waals surface area contributed by atoms with E-state index in [-0.39, 0.29) is 0 Å². The molecular weight excluding hydrogens is 633 g/mol. The first-order chi connectivity index (χ1) is 25.7. The summed E-state index contributed by atoms with van der Waals surface area (Å²) in [5, 5.41) is 4.55. The lowest BCUT2D eigenvalue weighted by Gasteiger charge is -2.25. The summed E-state index contributed by atoms with van der Waals surface area (Å²) in [5.41, 5.74) is 24.4. The lowest BCUT2D eigenvalue weighted by Crippen LogP contribution is -2.00. The van der Waals surface area contributed by atoms with Crippen LogP contribution >= 0.6 is 0 Å². The van der Waals surface area contributed by atoms with Gasteiger partial charge in [-0.2, -0.15) is 0 Å². The third-order valence-corrected chi connectivity index (χ3v) is 12.1. The number of benzene rings is 8. The van der Waals surface area contributed by atoms with Crippen molar-refractivity contribution < 1.29 is 8.83 Å². The highest BCUT2D eigenvalue weighted by Crippen LogP contribution is 2.55. The molecule has 0 fully saturated rings. The van der Waals surface area contributed by atoms with Gasteiger partial charge in [0.15, 0.2) is 0 Å². The highest BCUT2D eigenvalue weighted by atomic mass is 16.3. The predicted molar refractivity (Wildman–Crippen MR) is 213 cm³/mol. The molecule has 0 unspecified atom stereocenters. The number of hydrogen-bond donors (Lipinski definition) is 0. The molecule has 0 atom stereocenters. The summed E-state index contributed by atoms with van der Waals surface area (Å²) in [6.07, 6.45) is 1.87. The molecule has 0 saturated carbocycles. The number of hydrogen-bond acceptors (Lipinski definition) is 2. The third-order valence-electron chi connectivity index (χ3n) is 12.1. The smallest absolute Gasteiger partial charge is 0.136 e. The highest BCUT2D eigenvalue weighted by molar-refractivity contribution is 6.16. The molecule has 0 amide bonds. The van der Waals surface area contributed by atoms with Crippen LogP contribution in [0.1, 0.15) is 22.3 Å². The Kier molecular flexibility index (Phi) is 4.99. The Bertz CT molecular complexity index is 3020. The second-order valence-electron chi connectivity index (χ2n) is 14.8. The highest BCUT2D eigenvalue weighted by Gasteiger charge is 2.30. The fourth-order valence-corrected chi connectivity index (χ4v) is 9.69. The van der Waals surface area contributed by atoms with Crippen LogP contribution in [0.2, 0.25) is 0 Å². The molecule has 3 aliphatic rings. The fourth-order valence-electron chi connectivity index (χ4n) is 9.69. The first-order valence-electron chi connectivity index (χ1n) is 18.2. The molecule has 2 heteroatoms. The van der Waals surface area contributed by atoms with E-state index in [1.807, 2.05) is 0 Å². The minimum Gasteiger partial charge on any atom is -0.456 e. The van der Waals surface area contributed by atoms with Gasteiger partial charge in [0.25, 0.3) is 0 Å². The molecule has 0 radical (unpaired) electrons. The molecule has 240 valence electrons. The van der Waals surface area contributed by atoms with Crippen LogP contribution in [0, 0.1) is 0 Å². The van der Waals surface area contributed by atoms with E-state index in [9.17, 15) is 0 Å². The van der Waals surface area contributed by atoms with Gasteiger partial charge in [0.1, 0.15) is 22.3 Å². The van der Waals surface area contributed by atoms with Crippen molar-refractivity contribution >= 4 is 43.9 Å². The average molecular weight is 661 g/mol. The number of para-hydroxylation sites is 2. The topological polar surface area (TPSA) is 26.3 Å². The Labute approximate surface area is 299 Å². The molecule has 2 nitrogen and oxygen atoms in total. The molecule has 0 saturated heterocycles. The summed E-state index contributed by atoms with van der Waals surface area (Å²) in [4.78, 5) is 0. The van der Waals surface area contributed by atoms with Gasteiger partial charge in [0, 0.05) is 21.5 Å². The molecular formula is C50H28O2. The minimum absolute atomic E-state index is 0.912. The Morgan fingerprint density at radius 2 is 0.635 bits per heavy atom. The van der Waals surface area contributed by atoms with Gasteiger partial charge in [-0.1, -0.05) is 84.9 Å². The molecule has 0 N–H and O–H groups in total. The summed E-state index contributed by atoms with van der Waals surface area (Å²) >= 11 is 0. The summed E-state index contributed by atoms with van der Waals surface area (Å²) in [5.74, 6) is 0. The first-order valence-corrected chi connectivity index (χ1v) is 18.2. The summed E-state index contributed by atoms with van der Waals surface area (Å²) in [7, 11) is 0. The Morgan fingerprint density at radius 3 is 1.13 bits per heavy atom. The summed E-state index contributed by atoms with van der Waals surface area (Å²) < 4.78 is 13.2. The van der Waals surface area contributed by atoms with Crippen LogP contribution in [0.5, 0.6) is 0 Å². The first kappa shape index (κ1) is 27.1. The SMILES string of the molecule is c1ccc2c(c1)Cc1cc3c(cc1-2)-c1cc2c(cc1-c1cc4oc5ccccc5c4cc1-c1cc4c(cc1-3)oc1ccccc14)Cc1ccccc1-2. The molecule has 8 aromatic carbocycles. The zero-order valence-electron chi connectivity index (χ0n) is 28.1. The van der Waals surface area contributed by atoms with E-state index in [2.05, 4.69) is 146 Å². The van der Waals surface area contributed by atoms with Crippen LogP contribution in [0.4, 0.5) is 0 Å². The molecule has 10 aromatic rings. The van der Waals surface area contributed by atoms with E-state index in [0.29, 0.717) is 0 Å². The van der Waals surface area contributed by atoms with E-state index >= 15 is 0 Å². The predicted octanol–water partition coefficient (Wildman–Crippen LogP) is 13.6. The lowest BCUT2D eigenvalue weighted by atomic mass is 9.78. The van der Waals surface area contributed by atoms with Gasteiger partial charge in [-0.3, -0.25) is 0 Å². The molecule has 13 rings (SSSR count). The van der Waals surface area contributed by atoms with Gasteiger partial charge in [-0.05, 0) is 163 Å². The van der Waals surface area contributed by atoms with Crippen molar-refractivity contribution in [1.82, 2.24) is 0 Å². The van der Waals surface area contributed by atoms with E-state index < -0.39 is 0 Å². The normalized spacial score (nSPS) is 13.2. The van der Waals surface area contributed by atoms with Crippen LogP contribution in [0.3, 0.4) is 0 Å². The maximum absolute atomic E-state index is 6.61. The molecule has 52 heavy (non-hydrogen) atoms. The molecule has 2 heterocycles. The monoisotopic (exact) mass is 660 g/mol. The van der Waals surface area contributed by atoms with E-state index in [0.717, 1.165) is 56.7 Å². The average Bonchev–Trinajstić information content (AvgIpc) is 3.94. The van der Waals surface area contributed by atoms with Crippen molar-refractivity contribution in [3.8, 4) is 66.8 Å². The number of fused-ring (bicyclic) bond motifs is 20. The fraction of sp³-hybridized carbons (Fsp3) is 0.0400. The minimum atomic E-state index is 0.912. The van der Waals surface area contributed by atoms with Crippen LogP contribution in [-0.2, 0) is 12.8 Å². The Hall–Kier alpha value is -6.64. The van der Waals surface area contributed by atoms with Gasteiger partial charge in [0.05, 0.1) is 0 Å². The molecule has 0 bridgehead atoms. The quantitative estimate of drug-likeness (QED) is 0.162. The number of rotatable bonds is 0. The van der Waals surface area contributed by atoms with Gasteiger partial charge in [-0.25, -0.2) is 0 Å². The van der Waals surface area contributed by atoms with Crippen molar-refractivity contribution in [3.63, 3.8) is 0 Å². The van der Waals surface area contributed by atoms with Crippen LogP contribution in [-0.4, -0.2) is 0 Å². The van der Waals surface area contributed by atoms with Crippen molar-refractivity contribution in [1.29, 1.82) is 0 Å². The van der Waals surface area contributed by atoms with E-state index in [1.54, 1.807) is 0 Å². The lowest BCUT2D eigenvalue weighted by molar-refractivity contribution is 0.668. The third kappa shape index (κ3) is 3.49. The van der Waals surface area contributed by atoms with E-state index in [1.165, 1.54) is 89.0 Å².